The van der Waals surface area contributed by atoms with Crippen LogP contribution in [0.25, 0.3) is 0 Å². The summed E-state index contributed by atoms with van der Waals surface area (Å²) in [5.41, 5.74) is 0.381. The molecule has 1 aliphatic heterocycles. The van der Waals surface area contributed by atoms with Crippen molar-refractivity contribution in [3.05, 3.63) is 0 Å². The lowest BCUT2D eigenvalue weighted by molar-refractivity contribution is -0.215. The normalized spacial score (nSPS) is 51.9. The number of fused-ring (bicyclic) bond motifs is 4. The zero-order valence-electron chi connectivity index (χ0n) is 19.0. The molecule has 0 N–H and O–H groups in total. The molecule has 30 heavy (non-hydrogen) atoms. The van der Waals surface area contributed by atoms with Crippen LogP contribution in [0.15, 0.2) is 0 Å². The highest BCUT2D eigenvalue weighted by atomic mass is 16.7. The minimum Gasteiger partial charge on any atom is -0.463 e. The van der Waals surface area contributed by atoms with Crippen LogP contribution in [-0.2, 0) is 23.8 Å². The summed E-state index contributed by atoms with van der Waals surface area (Å²) in [4.78, 5) is 23.3. The predicted molar refractivity (Wildman–Crippen MR) is 111 cm³/mol. The van der Waals surface area contributed by atoms with Crippen molar-refractivity contribution in [1.82, 2.24) is 0 Å². The molecular weight excluding hydrogens is 380 g/mol. The molecule has 0 aromatic rings. The summed E-state index contributed by atoms with van der Waals surface area (Å²) in [6.07, 6.45) is 10.5. The smallest absolute Gasteiger partial charge is 0.304 e. The third-order valence-electron chi connectivity index (χ3n) is 10.2. The van der Waals surface area contributed by atoms with E-state index in [0.717, 1.165) is 25.2 Å². The second-order valence-electron chi connectivity index (χ2n) is 11.3. The van der Waals surface area contributed by atoms with Crippen molar-refractivity contribution >= 4 is 11.9 Å². The predicted octanol–water partition coefficient (Wildman–Crippen LogP) is 4.87. The standard InChI is InChI=1S/C25H38O5/c1-14-20-7-8-22-19-6-5-17-13-18(29-15(2)26)9-11-24(17,4)21(19)10-12-25(20,22)23(28-14)30-16(3)27/h14,17-23H,5-13H2,1-4H3/t14?,17?,18-,19+,20+,21-,22?,23?,24-,25-/m0/s1. The van der Waals surface area contributed by atoms with Crippen molar-refractivity contribution in [2.45, 2.75) is 104 Å². The fourth-order valence-corrected chi connectivity index (χ4v) is 9.17. The van der Waals surface area contributed by atoms with Crippen LogP contribution < -0.4 is 0 Å². The van der Waals surface area contributed by atoms with E-state index in [-0.39, 0.29) is 35.9 Å². The molecule has 5 heteroatoms. The van der Waals surface area contributed by atoms with E-state index in [0.29, 0.717) is 29.1 Å². The van der Waals surface area contributed by atoms with E-state index in [4.69, 9.17) is 14.2 Å². The lowest BCUT2D eigenvalue weighted by Gasteiger charge is -2.61. The lowest BCUT2D eigenvalue weighted by Crippen LogP contribution is -2.56. The number of hydrogen-bond donors (Lipinski definition) is 0. The first-order chi connectivity index (χ1) is 14.3. The van der Waals surface area contributed by atoms with Gasteiger partial charge in [-0.25, -0.2) is 0 Å². The van der Waals surface area contributed by atoms with E-state index in [9.17, 15) is 9.59 Å². The van der Waals surface area contributed by atoms with Gasteiger partial charge in [-0.3, -0.25) is 9.59 Å². The fraction of sp³-hybridized carbons (Fsp3) is 0.920. The molecule has 4 unspecified atom stereocenters. The number of esters is 2. The summed E-state index contributed by atoms with van der Waals surface area (Å²) >= 11 is 0. The highest BCUT2D eigenvalue weighted by Gasteiger charge is 2.69. The summed E-state index contributed by atoms with van der Waals surface area (Å²) in [6, 6.07) is 0. The summed E-state index contributed by atoms with van der Waals surface area (Å²) in [6.45, 7) is 7.76. The van der Waals surface area contributed by atoms with Gasteiger partial charge in [0, 0.05) is 19.3 Å². The topological polar surface area (TPSA) is 61.8 Å². The zero-order valence-corrected chi connectivity index (χ0v) is 19.0. The molecule has 5 nitrogen and oxygen atoms in total. The highest BCUT2D eigenvalue weighted by Crippen LogP contribution is 2.71. The molecule has 5 rings (SSSR count). The minimum atomic E-state index is -0.353. The Morgan fingerprint density at radius 3 is 2.33 bits per heavy atom. The van der Waals surface area contributed by atoms with Crippen molar-refractivity contribution in [3.8, 4) is 0 Å². The fourth-order valence-electron chi connectivity index (χ4n) is 9.17. The van der Waals surface area contributed by atoms with Gasteiger partial charge in [-0.15, -0.1) is 0 Å². The van der Waals surface area contributed by atoms with Crippen LogP contribution in [0, 0.1) is 40.4 Å². The average molecular weight is 419 g/mol. The van der Waals surface area contributed by atoms with Crippen LogP contribution in [0.4, 0.5) is 0 Å². The monoisotopic (exact) mass is 418 g/mol. The van der Waals surface area contributed by atoms with Gasteiger partial charge in [0.15, 0.2) is 0 Å². The van der Waals surface area contributed by atoms with E-state index < -0.39 is 0 Å². The van der Waals surface area contributed by atoms with Crippen LogP contribution in [-0.4, -0.2) is 30.4 Å². The molecule has 1 spiro atoms. The zero-order chi connectivity index (χ0) is 21.3. The van der Waals surface area contributed by atoms with Gasteiger partial charge >= 0.3 is 11.9 Å². The van der Waals surface area contributed by atoms with Crippen LogP contribution in [0.1, 0.15) is 85.5 Å². The van der Waals surface area contributed by atoms with Gasteiger partial charge in [0.1, 0.15) is 6.10 Å². The molecule has 5 fully saturated rings. The Morgan fingerprint density at radius 1 is 0.867 bits per heavy atom. The average Bonchev–Trinajstić information content (AvgIpc) is 3.18. The molecule has 1 saturated heterocycles. The molecule has 168 valence electrons. The Labute approximate surface area is 180 Å². The Bertz CT molecular complexity index is 720. The Hall–Kier alpha value is -1.10. The van der Waals surface area contributed by atoms with Crippen LogP contribution >= 0.6 is 0 Å². The van der Waals surface area contributed by atoms with Crippen molar-refractivity contribution in [3.63, 3.8) is 0 Å². The first-order valence-electron chi connectivity index (χ1n) is 12.3. The largest absolute Gasteiger partial charge is 0.463 e. The number of hydrogen-bond acceptors (Lipinski definition) is 5. The number of rotatable bonds is 2. The first kappa shape index (κ1) is 20.8. The Balaban J connectivity index is 1.39. The number of carbonyl (C=O) groups is 2. The summed E-state index contributed by atoms with van der Waals surface area (Å²) in [5, 5.41) is 0. The van der Waals surface area contributed by atoms with Gasteiger partial charge in [0.2, 0.25) is 6.29 Å². The highest BCUT2D eigenvalue weighted by molar-refractivity contribution is 5.66. The van der Waals surface area contributed by atoms with Crippen molar-refractivity contribution in [2.24, 2.45) is 40.4 Å². The number of ether oxygens (including phenoxy) is 3. The van der Waals surface area contributed by atoms with E-state index >= 15 is 0 Å². The quantitative estimate of drug-likeness (QED) is 0.599. The SMILES string of the molecule is CC(=O)OC1OC(C)[C@H]2CCC3[C@@H]4CCC5C[C@@H](OC(C)=O)CC[C@]5(C)[C@H]4CC[C@@]132. The molecule has 0 amide bonds. The van der Waals surface area contributed by atoms with Gasteiger partial charge in [-0.2, -0.15) is 0 Å². The summed E-state index contributed by atoms with van der Waals surface area (Å²) in [5.74, 6) is 2.89. The molecule has 1 heterocycles. The molecule has 0 aromatic heterocycles. The molecule has 10 atom stereocenters. The van der Waals surface area contributed by atoms with Crippen LogP contribution in [0.2, 0.25) is 0 Å². The van der Waals surface area contributed by atoms with Crippen molar-refractivity contribution in [1.29, 1.82) is 0 Å². The third-order valence-corrected chi connectivity index (χ3v) is 10.2. The van der Waals surface area contributed by atoms with Gasteiger partial charge in [0.25, 0.3) is 0 Å². The Kier molecular flexibility index (Phi) is 5.00. The van der Waals surface area contributed by atoms with Gasteiger partial charge < -0.3 is 14.2 Å². The second-order valence-corrected chi connectivity index (χ2v) is 11.3. The van der Waals surface area contributed by atoms with Crippen molar-refractivity contribution < 1.29 is 23.8 Å². The second kappa shape index (κ2) is 7.21. The molecular formula is C25H38O5. The molecule has 4 saturated carbocycles. The summed E-state index contributed by atoms with van der Waals surface area (Å²) < 4.78 is 17.7. The maximum absolute atomic E-state index is 11.9. The van der Waals surface area contributed by atoms with Gasteiger partial charge in [-0.05, 0) is 99.7 Å². The molecule has 0 radical (unpaired) electrons. The third kappa shape index (κ3) is 2.90. The lowest BCUT2D eigenvalue weighted by atomic mass is 9.44. The molecule has 0 aromatic carbocycles. The maximum Gasteiger partial charge on any atom is 0.304 e. The van der Waals surface area contributed by atoms with Crippen molar-refractivity contribution in [2.75, 3.05) is 0 Å². The van der Waals surface area contributed by atoms with Gasteiger partial charge in [0.05, 0.1) is 6.10 Å². The van der Waals surface area contributed by atoms with E-state index in [2.05, 4.69) is 13.8 Å². The first-order valence-corrected chi connectivity index (χ1v) is 12.3. The van der Waals surface area contributed by atoms with E-state index in [1.807, 2.05) is 0 Å². The molecule has 0 bridgehead atoms. The molecule has 5 aliphatic rings. The van der Waals surface area contributed by atoms with E-state index in [1.54, 1.807) is 0 Å². The maximum atomic E-state index is 11.9. The summed E-state index contributed by atoms with van der Waals surface area (Å²) in [7, 11) is 0. The van der Waals surface area contributed by atoms with Crippen LogP contribution in [0.3, 0.4) is 0 Å². The molecule has 4 aliphatic carbocycles. The van der Waals surface area contributed by atoms with E-state index in [1.165, 1.54) is 52.4 Å². The Morgan fingerprint density at radius 2 is 1.60 bits per heavy atom. The number of carbonyl (C=O) groups excluding carboxylic acids is 2. The minimum absolute atomic E-state index is 0.0321. The van der Waals surface area contributed by atoms with Crippen LogP contribution in [0.5, 0.6) is 0 Å². The van der Waals surface area contributed by atoms with Gasteiger partial charge in [-0.1, -0.05) is 6.92 Å².